The highest BCUT2D eigenvalue weighted by Gasteiger charge is 2.26. The number of terminal acetylenes is 1. The summed E-state index contributed by atoms with van der Waals surface area (Å²) in [6.07, 6.45) is 11.6. The minimum absolute atomic E-state index is 0.0707. The minimum atomic E-state index is -2.98. The van der Waals surface area contributed by atoms with Gasteiger partial charge in [-0.2, -0.15) is 8.78 Å². The molecule has 0 unspecified atom stereocenters. The van der Waals surface area contributed by atoms with Gasteiger partial charge >= 0.3 is 6.61 Å². The van der Waals surface area contributed by atoms with Gasteiger partial charge in [0.05, 0.1) is 17.4 Å². The highest BCUT2D eigenvalue weighted by atomic mass is 19.3. The summed E-state index contributed by atoms with van der Waals surface area (Å²) in [6.45, 7) is 0.389. The zero-order valence-corrected chi connectivity index (χ0v) is 22.1. The van der Waals surface area contributed by atoms with Crippen molar-refractivity contribution in [2.45, 2.75) is 57.8 Å². The predicted molar refractivity (Wildman–Crippen MR) is 145 cm³/mol. The summed E-state index contributed by atoms with van der Waals surface area (Å²) < 4.78 is 34.7. The van der Waals surface area contributed by atoms with Crippen molar-refractivity contribution in [1.29, 1.82) is 0 Å². The molecule has 0 aliphatic heterocycles. The molecular formula is C30H30F2N4O3. The fourth-order valence-electron chi connectivity index (χ4n) is 5.32. The van der Waals surface area contributed by atoms with Crippen LogP contribution in [0.4, 0.5) is 8.78 Å². The molecule has 5 rings (SSSR count). The van der Waals surface area contributed by atoms with Crippen LogP contribution in [0, 0.1) is 18.3 Å². The maximum Gasteiger partial charge on any atom is 0.387 e. The van der Waals surface area contributed by atoms with Gasteiger partial charge in [0.25, 0.3) is 5.56 Å². The molecule has 0 spiro atoms. The summed E-state index contributed by atoms with van der Waals surface area (Å²) in [7, 11) is 1.65. The van der Waals surface area contributed by atoms with Gasteiger partial charge in [0.2, 0.25) is 0 Å². The van der Waals surface area contributed by atoms with Gasteiger partial charge in [-0.25, -0.2) is 9.97 Å². The van der Waals surface area contributed by atoms with E-state index >= 15 is 0 Å². The topological polar surface area (TPSA) is 82.2 Å². The lowest BCUT2D eigenvalue weighted by atomic mass is 9.94. The second-order valence-electron chi connectivity index (χ2n) is 10.6. The lowest BCUT2D eigenvalue weighted by Crippen LogP contribution is -2.20. The van der Waals surface area contributed by atoms with Gasteiger partial charge in [0.1, 0.15) is 11.4 Å². The number of nitrogens with zero attached hydrogens (tertiary/aromatic N) is 4. The third kappa shape index (κ3) is 5.30. The number of fused-ring (bicyclic) bond motifs is 1. The van der Waals surface area contributed by atoms with E-state index in [9.17, 15) is 18.7 Å². The van der Waals surface area contributed by atoms with Crippen LogP contribution in [0.15, 0.2) is 53.6 Å². The Morgan fingerprint density at radius 3 is 2.54 bits per heavy atom. The first-order chi connectivity index (χ1) is 18.5. The number of benzene rings is 2. The van der Waals surface area contributed by atoms with E-state index in [1.54, 1.807) is 50.1 Å². The van der Waals surface area contributed by atoms with Crippen molar-refractivity contribution in [3.05, 3.63) is 76.1 Å². The van der Waals surface area contributed by atoms with E-state index in [4.69, 9.17) is 11.2 Å². The first kappa shape index (κ1) is 26.6. The molecule has 2 atom stereocenters. The van der Waals surface area contributed by atoms with Gasteiger partial charge < -0.3 is 9.84 Å². The summed E-state index contributed by atoms with van der Waals surface area (Å²) >= 11 is 0. The number of alkyl halides is 2. The molecule has 1 aliphatic carbocycles. The third-order valence-electron chi connectivity index (χ3n) is 7.46. The Kier molecular flexibility index (Phi) is 7.00. The second kappa shape index (κ2) is 10.3. The molecule has 1 fully saturated rings. The Morgan fingerprint density at radius 1 is 1.15 bits per heavy atom. The summed E-state index contributed by atoms with van der Waals surface area (Å²) in [6, 6.07) is 10.7. The van der Waals surface area contributed by atoms with Crippen molar-refractivity contribution < 1.29 is 18.6 Å². The Morgan fingerprint density at radius 2 is 1.90 bits per heavy atom. The van der Waals surface area contributed by atoms with Gasteiger partial charge in [0, 0.05) is 36.5 Å². The lowest BCUT2D eigenvalue weighted by Gasteiger charge is -2.18. The number of hydrogen-bond acceptors (Lipinski definition) is 5. The van der Waals surface area contributed by atoms with Gasteiger partial charge in [-0.15, -0.1) is 12.3 Å². The first-order valence-corrected chi connectivity index (χ1v) is 12.8. The molecule has 9 heteroatoms. The van der Waals surface area contributed by atoms with E-state index in [2.05, 4.69) is 15.9 Å². The van der Waals surface area contributed by atoms with E-state index < -0.39 is 12.2 Å². The molecule has 2 heterocycles. The fourth-order valence-corrected chi connectivity index (χ4v) is 5.32. The Hall–Kier alpha value is -4.03. The molecular weight excluding hydrogens is 502 g/mol. The molecule has 0 bridgehead atoms. The average Bonchev–Trinajstić information content (AvgIpc) is 3.48. The predicted octanol–water partition coefficient (Wildman–Crippen LogP) is 5.19. The molecule has 39 heavy (non-hydrogen) atoms. The molecule has 4 aromatic rings. The van der Waals surface area contributed by atoms with Crippen LogP contribution in [0.2, 0.25) is 0 Å². The van der Waals surface area contributed by atoms with Crippen molar-refractivity contribution in [3.63, 3.8) is 0 Å². The molecule has 1 aliphatic rings. The molecule has 0 radical (unpaired) electrons. The van der Waals surface area contributed by atoms with Gasteiger partial charge in [0.15, 0.2) is 5.82 Å². The normalized spacial score (nSPS) is 17.6. The maximum absolute atomic E-state index is 13.3. The van der Waals surface area contributed by atoms with E-state index in [1.165, 1.54) is 4.68 Å². The summed E-state index contributed by atoms with van der Waals surface area (Å²) in [4.78, 5) is 21.6. The van der Waals surface area contributed by atoms with Crippen LogP contribution in [-0.2, 0) is 19.2 Å². The Bertz CT molecular complexity index is 1610. The fraction of sp³-hybridized carbons (Fsp3) is 0.367. The molecule has 0 saturated heterocycles. The van der Waals surface area contributed by atoms with E-state index in [1.807, 2.05) is 24.3 Å². The minimum Gasteiger partial charge on any atom is -0.434 e. The van der Waals surface area contributed by atoms with E-state index in [0.29, 0.717) is 27.9 Å². The SMILES string of the molecule is C#C[C@@H]1CC[C@H](c2ccc(OC(F)F)c(Cn3c4cc(-c5cnc(C(C)(C)O)nc5)ccc4c(=O)n3C)c2)C1. The van der Waals surface area contributed by atoms with Gasteiger partial charge in [-0.1, -0.05) is 12.1 Å². The van der Waals surface area contributed by atoms with Crippen molar-refractivity contribution >= 4 is 10.9 Å². The van der Waals surface area contributed by atoms with Crippen molar-refractivity contribution in [2.24, 2.45) is 13.0 Å². The van der Waals surface area contributed by atoms with Crippen LogP contribution >= 0.6 is 0 Å². The smallest absolute Gasteiger partial charge is 0.387 e. The number of aromatic nitrogens is 4. The summed E-state index contributed by atoms with van der Waals surface area (Å²) in [5.41, 5.74) is 2.31. The standard InChI is InChI=1S/C30H30F2N4O3/c1-5-18-6-7-19(12-18)20-9-11-26(39-29(31)32)22(13-20)17-36-25-14-21(8-10-24(25)27(37)35(36)4)23-15-33-28(34-16-23)30(2,3)38/h1,8-11,13-16,18-19,29,38H,6-7,12,17H2,2-4H3/t18-,19+/m1/s1. The van der Waals surface area contributed by atoms with Gasteiger partial charge in [-0.3, -0.25) is 14.2 Å². The van der Waals surface area contributed by atoms with Crippen LogP contribution in [-0.4, -0.2) is 31.0 Å². The van der Waals surface area contributed by atoms with E-state index in [0.717, 1.165) is 30.4 Å². The molecule has 2 aromatic heterocycles. The van der Waals surface area contributed by atoms with Crippen molar-refractivity contribution in [3.8, 4) is 29.2 Å². The van der Waals surface area contributed by atoms with Crippen LogP contribution in [0.1, 0.15) is 56.0 Å². The molecule has 202 valence electrons. The molecule has 2 aromatic carbocycles. The van der Waals surface area contributed by atoms with E-state index in [-0.39, 0.29) is 29.7 Å². The largest absolute Gasteiger partial charge is 0.434 e. The Balaban J connectivity index is 1.56. The van der Waals surface area contributed by atoms with Crippen LogP contribution < -0.4 is 10.3 Å². The molecule has 1 N–H and O–H groups in total. The summed E-state index contributed by atoms with van der Waals surface area (Å²) in [5, 5.41) is 10.7. The van der Waals surface area contributed by atoms with Crippen LogP contribution in [0.25, 0.3) is 22.0 Å². The summed E-state index contributed by atoms with van der Waals surface area (Å²) in [5.74, 6) is 3.65. The number of ether oxygens (including phenoxy) is 1. The van der Waals surface area contributed by atoms with Crippen LogP contribution in [0.3, 0.4) is 0 Å². The van der Waals surface area contributed by atoms with Crippen LogP contribution in [0.5, 0.6) is 5.75 Å². The monoisotopic (exact) mass is 532 g/mol. The number of halogens is 2. The number of aliphatic hydroxyl groups is 1. The highest BCUT2D eigenvalue weighted by molar-refractivity contribution is 5.84. The average molecular weight is 533 g/mol. The molecule has 7 nitrogen and oxygen atoms in total. The Labute approximate surface area is 225 Å². The van der Waals surface area contributed by atoms with Crippen molar-refractivity contribution in [2.75, 3.05) is 0 Å². The first-order valence-electron chi connectivity index (χ1n) is 12.8. The van der Waals surface area contributed by atoms with Crippen molar-refractivity contribution in [1.82, 2.24) is 19.3 Å². The zero-order valence-electron chi connectivity index (χ0n) is 22.1. The number of rotatable bonds is 7. The van der Waals surface area contributed by atoms with Gasteiger partial charge in [-0.05, 0) is 74.4 Å². The number of hydrogen-bond donors (Lipinski definition) is 1. The second-order valence-corrected chi connectivity index (χ2v) is 10.6. The molecule has 0 amide bonds. The lowest BCUT2D eigenvalue weighted by molar-refractivity contribution is -0.0505. The molecule has 1 saturated carbocycles. The highest BCUT2D eigenvalue weighted by Crippen LogP contribution is 2.39. The maximum atomic E-state index is 13.3. The quantitative estimate of drug-likeness (QED) is 0.331. The zero-order chi connectivity index (χ0) is 27.9. The third-order valence-corrected chi connectivity index (χ3v) is 7.46.